The maximum absolute atomic E-state index is 12.7. The molecule has 0 unspecified atom stereocenters. The van der Waals surface area contributed by atoms with Crippen LogP contribution in [0.1, 0.15) is 29.6 Å². The van der Waals surface area contributed by atoms with Crippen LogP contribution in [0.4, 0.5) is 0 Å². The topological polar surface area (TPSA) is 49.9 Å². The van der Waals surface area contributed by atoms with E-state index in [1.165, 1.54) is 0 Å². The molecule has 2 amide bonds. The molecule has 3 aliphatic rings. The van der Waals surface area contributed by atoms with E-state index in [1.807, 2.05) is 40.1 Å². The lowest BCUT2D eigenvalue weighted by Gasteiger charge is -2.36. The second-order valence-corrected chi connectivity index (χ2v) is 6.46. The van der Waals surface area contributed by atoms with Crippen LogP contribution in [0.3, 0.4) is 0 Å². The van der Waals surface area contributed by atoms with Crippen molar-refractivity contribution in [2.75, 3.05) is 33.4 Å². The molecule has 0 aromatic heterocycles. The Bertz CT molecular complexity index is 561. The molecule has 2 bridgehead atoms. The molecule has 23 heavy (non-hydrogen) atoms. The van der Waals surface area contributed by atoms with Crippen LogP contribution in [0, 0.1) is 5.92 Å². The van der Waals surface area contributed by atoms with Gasteiger partial charge in [0, 0.05) is 38.3 Å². The number of benzene rings is 1. The third-order valence-electron chi connectivity index (χ3n) is 4.86. The Balaban J connectivity index is 1.71. The van der Waals surface area contributed by atoms with Crippen molar-refractivity contribution in [1.29, 1.82) is 0 Å². The average molecular weight is 316 g/mol. The normalized spacial score (nSPS) is 23.7. The SMILES string of the molecule is COCCC(=O)N1C[C@H]2CC[C@@H]1CN(C(=O)c1ccccc1)C2. The minimum Gasteiger partial charge on any atom is -0.384 e. The summed E-state index contributed by atoms with van der Waals surface area (Å²) >= 11 is 0. The maximum atomic E-state index is 12.7. The van der Waals surface area contributed by atoms with Crippen LogP contribution >= 0.6 is 0 Å². The smallest absolute Gasteiger partial charge is 0.253 e. The number of carbonyl (C=O) groups excluding carboxylic acids is 2. The molecule has 0 saturated carbocycles. The highest BCUT2D eigenvalue weighted by molar-refractivity contribution is 5.94. The van der Waals surface area contributed by atoms with E-state index < -0.39 is 0 Å². The molecule has 1 aromatic rings. The molecule has 3 fully saturated rings. The van der Waals surface area contributed by atoms with Gasteiger partial charge < -0.3 is 14.5 Å². The first-order valence-corrected chi connectivity index (χ1v) is 8.31. The predicted molar refractivity (Wildman–Crippen MR) is 87.1 cm³/mol. The number of ether oxygens (including phenoxy) is 1. The van der Waals surface area contributed by atoms with Crippen molar-refractivity contribution in [1.82, 2.24) is 9.80 Å². The van der Waals surface area contributed by atoms with Gasteiger partial charge in [-0.1, -0.05) is 18.2 Å². The lowest BCUT2D eigenvalue weighted by molar-refractivity contribution is -0.136. The van der Waals surface area contributed by atoms with Gasteiger partial charge in [0.25, 0.3) is 5.91 Å². The molecular weight excluding hydrogens is 292 g/mol. The van der Waals surface area contributed by atoms with E-state index in [-0.39, 0.29) is 17.9 Å². The Kier molecular flexibility index (Phi) is 4.96. The number of carbonyl (C=O) groups is 2. The zero-order valence-electron chi connectivity index (χ0n) is 13.6. The van der Waals surface area contributed by atoms with E-state index in [2.05, 4.69) is 0 Å². The van der Waals surface area contributed by atoms with E-state index in [0.717, 1.165) is 31.5 Å². The monoisotopic (exact) mass is 316 g/mol. The molecule has 0 radical (unpaired) electrons. The van der Waals surface area contributed by atoms with Crippen LogP contribution in [0.25, 0.3) is 0 Å². The molecule has 5 nitrogen and oxygen atoms in total. The molecule has 3 aliphatic heterocycles. The first-order valence-electron chi connectivity index (χ1n) is 8.31. The molecule has 0 spiro atoms. The second kappa shape index (κ2) is 7.13. The van der Waals surface area contributed by atoms with E-state index in [4.69, 9.17) is 4.74 Å². The van der Waals surface area contributed by atoms with Gasteiger partial charge in [-0.05, 0) is 30.9 Å². The highest BCUT2D eigenvalue weighted by Crippen LogP contribution is 2.29. The fraction of sp³-hybridized carbons (Fsp3) is 0.556. The first kappa shape index (κ1) is 16.0. The lowest BCUT2D eigenvalue weighted by Crippen LogP contribution is -2.47. The quantitative estimate of drug-likeness (QED) is 0.851. The molecule has 1 aromatic carbocycles. The molecule has 2 atom stereocenters. The van der Waals surface area contributed by atoms with Crippen LogP contribution in [0.2, 0.25) is 0 Å². The number of methoxy groups -OCH3 is 1. The van der Waals surface area contributed by atoms with E-state index >= 15 is 0 Å². The van der Waals surface area contributed by atoms with Gasteiger partial charge in [-0.2, -0.15) is 0 Å². The zero-order chi connectivity index (χ0) is 16.2. The number of nitrogens with zero attached hydrogens (tertiary/aromatic N) is 2. The Morgan fingerprint density at radius 3 is 2.65 bits per heavy atom. The number of rotatable bonds is 4. The summed E-state index contributed by atoms with van der Waals surface area (Å²) < 4.78 is 5.02. The summed E-state index contributed by atoms with van der Waals surface area (Å²) in [5.74, 6) is 0.608. The van der Waals surface area contributed by atoms with Gasteiger partial charge in [0.05, 0.1) is 13.0 Å². The predicted octanol–water partition coefficient (Wildman–Crippen LogP) is 1.79. The van der Waals surface area contributed by atoms with Crippen molar-refractivity contribution in [3.8, 4) is 0 Å². The summed E-state index contributed by atoms with van der Waals surface area (Å²) in [6, 6.07) is 9.55. The van der Waals surface area contributed by atoms with Gasteiger partial charge in [0.2, 0.25) is 5.91 Å². The summed E-state index contributed by atoms with van der Waals surface area (Å²) in [5.41, 5.74) is 0.728. The molecular formula is C18H24N2O3. The van der Waals surface area contributed by atoms with Crippen molar-refractivity contribution in [3.05, 3.63) is 35.9 Å². The van der Waals surface area contributed by atoms with E-state index in [9.17, 15) is 9.59 Å². The van der Waals surface area contributed by atoms with Crippen molar-refractivity contribution >= 4 is 11.8 Å². The molecule has 5 heteroatoms. The average Bonchev–Trinajstić information content (AvgIpc) is 2.91. The molecule has 124 valence electrons. The number of hydrogen-bond acceptors (Lipinski definition) is 3. The van der Waals surface area contributed by atoms with Crippen molar-refractivity contribution < 1.29 is 14.3 Å². The van der Waals surface area contributed by atoms with Crippen LogP contribution in [0.15, 0.2) is 30.3 Å². The van der Waals surface area contributed by atoms with Gasteiger partial charge in [-0.3, -0.25) is 9.59 Å². The Hall–Kier alpha value is -1.88. The molecule has 0 aliphatic carbocycles. The first-order chi connectivity index (χ1) is 11.2. The van der Waals surface area contributed by atoms with E-state index in [1.54, 1.807) is 7.11 Å². The van der Waals surface area contributed by atoms with Gasteiger partial charge in [-0.15, -0.1) is 0 Å². The minimum atomic E-state index is 0.0775. The summed E-state index contributed by atoms with van der Waals surface area (Å²) in [7, 11) is 1.61. The Labute approximate surface area is 137 Å². The fourth-order valence-corrected chi connectivity index (χ4v) is 3.65. The fourth-order valence-electron chi connectivity index (χ4n) is 3.65. The Morgan fingerprint density at radius 2 is 1.91 bits per heavy atom. The minimum absolute atomic E-state index is 0.0775. The van der Waals surface area contributed by atoms with Crippen LogP contribution < -0.4 is 0 Å². The van der Waals surface area contributed by atoms with Crippen molar-refractivity contribution in [2.24, 2.45) is 5.92 Å². The summed E-state index contributed by atoms with van der Waals surface area (Å²) in [6.07, 6.45) is 2.51. The Morgan fingerprint density at radius 1 is 1.13 bits per heavy atom. The largest absolute Gasteiger partial charge is 0.384 e. The standard InChI is InChI=1S/C18H24N2O3/c1-23-10-9-17(21)20-12-14-7-8-16(20)13-19(11-14)18(22)15-5-3-2-4-6-15/h2-6,14,16H,7-13H2,1H3/t14-,16+/m0/s1. The van der Waals surface area contributed by atoms with E-state index in [0.29, 0.717) is 25.5 Å². The number of fused-ring (bicyclic) bond motifs is 4. The van der Waals surface area contributed by atoms with Crippen molar-refractivity contribution in [2.45, 2.75) is 25.3 Å². The second-order valence-electron chi connectivity index (χ2n) is 6.46. The molecule has 0 N–H and O–H groups in total. The molecule has 4 rings (SSSR count). The van der Waals surface area contributed by atoms with Crippen LogP contribution in [-0.2, 0) is 9.53 Å². The highest BCUT2D eigenvalue weighted by atomic mass is 16.5. The van der Waals surface area contributed by atoms with Crippen LogP contribution in [-0.4, -0.2) is 61.0 Å². The zero-order valence-corrected chi connectivity index (χ0v) is 13.6. The number of amides is 2. The van der Waals surface area contributed by atoms with Gasteiger partial charge in [0.1, 0.15) is 0 Å². The van der Waals surface area contributed by atoms with Gasteiger partial charge >= 0.3 is 0 Å². The highest BCUT2D eigenvalue weighted by Gasteiger charge is 2.38. The number of piperidine rings is 1. The van der Waals surface area contributed by atoms with Gasteiger partial charge in [-0.25, -0.2) is 0 Å². The summed E-state index contributed by atoms with van der Waals surface area (Å²) in [6.45, 7) is 2.62. The summed E-state index contributed by atoms with van der Waals surface area (Å²) in [4.78, 5) is 29.0. The third-order valence-corrected chi connectivity index (χ3v) is 4.86. The third kappa shape index (κ3) is 3.55. The van der Waals surface area contributed by atoms with Crippen molar-refractivity contribution in [3.63, 3.8) is 0 Å². The lowest BCUT2D eigenvalue weighted by atomic mass is 9.95. The van der Waals surface area contributed by atoms with Gasteiger partial charge in [0.15, 0.2) is 0 Å². The molecule has 3 heterocycles. The number of hydrogen-bond donors (Lipinski definition) is 0. The maximum Gasteiger partial charge on any atom is 0.253 e. The van der Waals surface area contributed by atoms with Crippen LogP contribution in [0.5, 0.6) is 0 Å². The summed E-state index contributed by atoms with van der Waals surface area (Å²) in [5, 5.41) is 0. The molecule has 3 saturated heterocycles.